The number of rotatable bonds is 1. The SMILES string of the molecule is Brc1cnccc1N1CC2(CCCC2)C1. The van der Waals surface area contributed by atoms with Gasteiger partial charge in [0.15, 0.2) is 0 Å². The molecule has 0 radical (unpaired) electrons. The molecule has 0 atom stereocenters. The predicted octanol–water partition coefficient (Wildman–Crippen LogP) is 3.22. The summed E-state index contributed by atoms with van der Waals surface area (Å²) in [6, 6.07) is 2.10. The molecule has 0 aromatic carbocycles. The van der Waals surface area contributed by atoms with E-state index in [0.29, 0.717) is 5.41 Å². The number of pyridine rings is 1. The van der Waals surface area contributed by atoms with Gasteiger partial charge in [-0.05, 0) is 34.8 Å². The van der Waals surface area contributed by atoms with E-state index in [2.05, 4.69) is 31.9 Å². The predicted molar refractivity (Wildman–Crippen MR) is 65.1 cm³/mol. The van der Waals surface area contributed by atoms with E-state index >= 15 is 0 Å². The molecule has 1 aromatic heterocycles. The van der Waals surface area contributed by atoms with Crippen LogP contribution < -0.4 is 4.90 Å². The summed E-state index contributed by atoms with van der Waals surface area (Å²) in [5.41, 5.74) is 1.98. The zero-order chi connectivity index (χ0) is 10.3. The Balaban J connectivity index is 1.75. The van der Waals surface area contributed by atoms with Gasteiger partial charge in [-0.25, -0.2) is 0 Å². The summed E-state index contributed by atoms with van der Waals surface area (Å²) >= 11 is 3.56. The monoisotopic (exact) mass is 266 g/mol. The normalized spacial score (nSPS) is 23.1. The van der Waals surface area contributed by atoms with Crippen molar-refractivity contribution in [2.75, 3.05) is 18.0 Å². The highest BCUT2D eigenvalue weighted by Crippen LogP contribution is 2.47. The molecule has 3 rings (SSSR count). The molecule has 2 heterocycles. The third-order valence-corrected chi connectivity index (χ3v) is 4.42. The molecule has 1 aliphatic carbocycles. The van der Waals surface area contributed by atoms with Gasteiger partial charge < -0.3 is 4.90 Å². The van der Waals surface area contributed by atoms with E-state index in [1.54, 1.807) is 0 Å². The van der Waals surface area contributed by atoms with E-state index < -0.39 is 0 Å². The Morgan fingerprint density at radius 1 is 1.27 bits per heavy atom. The average molecular weight is 267 g/mol. The van der Waals surface area contributed by atoms with Gasteiger partial charge in [0.05, 0.1) is 10.2 Å². The Kier molecular flexibility index (Phi) is 2.23. The Morgan fingerprint density at radius 3 is 2.67 bits per heavy atom. The van der Waals surface area contributed by atoms with E-state index in [4.69, 9.17) is 0 Å². The zero-order valence-corrected chi connectivity index (χ0v) is 10.3. The fraction of sp³-hybridized carbons (Fsp3) is 0.583. The van der Waals surface area contributed by atoms with Crippen LogP contribution in [0.15, 0.2) is 22.9 Å². The molecule has 15 heavy (non-hydrogen) atoms. The van der Waals surface area contributed by atoms with Crippen LogP contribution in [0.25, 0.3) is 0 Å². The molecule has 80 valence electrons. The lowest BCUT2D eigenvalue weighted by molar-refractivity contribution is 0.221. The molecular formula is C12H15BrN2. The Bertz CT molecular complexity index is 364. The molecule has 1 saturated heterocycles. The summed E-state index contributed by atoms with van der Waals surface area (Å²) < 4.78 is 1.12. The summed E-state index contributed by atoms with van der Waals surface area (Å²) in [5, 5.41) is 0. The number of anilines is 1. The third-order valence-electron chi connectivity index (χ3n) is 3.81. The van der Waals surface area contributed by atoms with Crippen LogP contribution in [0.2, 0.25) is 0 Å². The van der Waals surface area contributed by atoms with E-state index in [1.807, 2.05) is 12.4 Å². The fourth-order valence-electron chi connectivity index (χ4n) is 3.00. The lowest BCUT2D eigenvalue weighted by Gasteiger charge is -2.50. The Labute approximate surface area is 98.8 Å². The molecule has 1 aromatic rings. The van der Waals surface area contributed by atoms with Crippen molar-refractivity contribution in [1.82, 2.24) is 4.98 Å². The van der Waals surface area contributed by atoms with Gasteiger partial charge in [-0.1, -0.05) is 12.8 Å². The molecule has 3 heteroatoms. The minimum atomic E-state index is 0.669. The zero-order valence-electron chi connectivity index (χ0n) is 8.75. The summed E-state index contributed by atoms with van der Waals surface area (Å²) in [7, 11) is 0. The second kappa shape index (κ2) is 3.48. The smallest absolute Gasteiger partial charge is 0.0592 e. The maximum atomic E-state index is 4.10. The molecule has 0 amide bonds. The summed E-state index contributed by atoms with van der Waals surface area (Å²) in [6.07, 6.45) is 9.50. The molecule has 2 nitrogen and oxygen atoms in total. The number of aromatic nitrogens is 1. The Hall–Kier alpha value is -0.570. The van der Waals surface area contributed by atoms with Crippen molar-refractivity contribution >= 4 is 21.6 Å². The van der Waals surface area contributed by atoms with Gasteiger partial charge >= 0.3 is 0 Å². The van der Waals surface area contributed by atoms with E-state index in [-0.39, 0.29) is 0 Å². The fourth-order valence-corrected chi connectivity index (χ4v) is 3.50. The van der Waals surface area contributed by atoms with Crippen molar-refractivity contribution in [1.29, 1.82) is 0 Å². The van der Waals surface area contributed by atoms with Crippen molar-refractivity contribution in [3.8, 4) is 0 Å². The number of nitrogens with zero attached hydrogens (tertiary/aromatic N) is 2. The first-order chi connectivity index (χ1) is 7.29. The largest absolute Gasteiger partial charge is 0.369 e. The highest BCUT2D eigenvalue weighted by atomic mass is 79.9. The van der Waals surface area contributed by atoms with E-state index in [9.17, 15) is 0 Å². The van der Waals surface area contributed by atoms with Gasteiger partial charge in [0, 0.05) is 30.9 Å². The Morgan fingerprint density at radius 2 is 2.00 bits per heavy atom. The van der Waals surface area contributed by atoms with Gasteiger partial charge in [0.25, 0.3) is 0 Å². The second-order valence-electron chi connectivity index (χ2n) is 4.89. The highest BCUT2D eigenvalue weighted by molar-refractivity contribution is 9.10. The lowest BCUT2D eigenvalue weighted by atomic mass is 9.78. The van der Waals surface area contributed by atoms with Crippen LogP contribution >= 0.6 is 15.9 Å². The lowest BCUT2D eigenvalue weighted by Crippen LogP contribution is -2.55. The molecule has 0 unspecified atom stereocenters. The minimum Gasteiger partial charge on any atom is -0.369 e. The van der Waals surface area contributed by atoms with Crippen LogP contribution in [0.3, 0.4) is 0 Å². The molecule has 1 saturated carbocycles. The van der Waals surface area contributed by atoms with Crippen LogP contribution in [-0.4, -0.2) is 18.1 Å². The second-order valence-corrected chi connectivity index (χ2v) is 5.74. The van der Waals surface area contributed by atoms with Crippen molar-refractivity contribution in [2.24, 2.45) is 5.41 Å². The maximum Gasteiger partial charge on any atom is 0.0592 e. The third kappa shape index (κ3) is 1.57. The van der Waals surface area contributed by atoms with Crippen molar-refractivity contribution in [3.63, 3.8) is 0 Å². The molecule has 1 spiro atoms. The van der Waals surface area contributed by atoms with Crippen LogP contribution in [0, 0.1) is 5.41 Å². The van der Waals surface area contributed by atoms with Gasteiger partial charge in [0.1, 0.15) is 0 Å². The molecule has 2 aliphatic rings. The number of hydrogen-bond donors (Lipinski definition) is 0. The number of hydrogen-bond acceptors (Lipinski definition) is 2. The molecule has 0 bridgehead atoms. The summed E-state index contributed by atoms with van der Waals surface area (Å²) in [5.74, 6) is 0. The molecule has 0 N–H and O–H groups in total. The molecule has 2 fully saturated rings. The van der Waals surface area contributed by atoms with Crippen LogP contribution in [0.1, 0.15) is 25.7 Å². The first kappa shape index (κ1) is 9.64. The van der Waals surface area contributed by atoms with Crippen LogP contribution in [0.4, 0.5) is 5.69 Å². The van der Waals surface area contributed by atoms with Crippen molar-refractivity contribution in [2.45, 2.75) is 25.7 Å². The topological polar surface area (TPSA) is 16.1 Å². The minimum absolute atomic E-state index is 0.669. The summed E-state index contributed by atoms with van der Waals surface area (Å²) in [6.45, 7) is 2.49. The van der Waals surface area contributed by atoms with Gasteiger partial charge in [-0.15, -0.1) is 0 Å². The van der Waals surface area contributed by atoms with Gasteiger partial charge in [0.2, 0.25) is 0 Å². The standard InChI is InChI=1S/C12H15BrN2/c13-10-7-14-6-3-11(10)15-8-12(9-15)4-1-2-5-12/h3,6-7H,1-2,4-5,8-9H2. The highest BCUT2D eigenvalue weighted by Gasteiger charge is 2.44. The summed E-state index contributed by atoms with van der Waals surface area (Å²) in [4.78, 5) is 6.57. The first-order valence-corrected chi connectivity index (χ1v) is 6.43. The first-order valence-electron chi connectivity index (χ1n) is 5.64. The molecular weight excluding hydrogens is 252 g/mol. The average Bonchev–Trinajstić information content (AvgIpc) is 2.65. The van der Waals surface area contributed by atoms with Crippen LogP contribution in [-0.2, 0) is 0 Å². The van der Waals surface area contributed by atoms with Crippen molar-refractivity contribution < 1.29 is 0 Å². The van der Waals surface area contributed by atoms with E-state index in [0.717, 1.165) is 4.47 Å². The van der Waals surface area contributed by atoms with E-state index in [1.165, 1.54) is 44.5 Å². The van der Waals surface area contributed by atoms with Gasteiger partial charge in [-0.2, -0.15) is 0 Å². The van der Waals surface area contributed by atoms with Crippen LogP contribution in [0.5, 0.6) is 0 Å². The van der Waals surface area contributed by atoms with Gasteiger partial charge in [-0.3, -0.25) is 4.98 Å². The molecule has 1 aliphatic heterocycles. The number of halogens is 1. The quantitative estimate of drug-likeness (QED) is 0.776. The van der Waals surface area contributed by atoms with Crippen molar-refractivity contribution in [3.05, 3.63) is 22.9 Å². The maximum absolute atomic E-state index is 4.10.